The summed E-state index contributed by atoms with van der Waals surface area (Å²) in [5, 5.41) is 17.8. The second kappa shape index (κ2) is 6.46. The number of H-pyrrole nitrogens is 1. The number of amides is 1. The monoisotopic (exact) mass is 383 g/mol. The number of piperidine rings is 1. The molecule has 1 aromatic heterocycles. The first-order valence-electron chi connectivity index (χ1n) is 8.85. The smallest absolute Gasteiger partial charge is 0.280 e. The van der Waals surface area contributed by atoms with Crippen LogP contribution in [-0.4, -0.2) is 45.1 Å². The number of hydrogen-bond donors (Lipinski definition) is 2. The standard InChI is InChI=1S/C18H20ClF2N3O2/c19-13-7-11-9-22-23-15(11)14(8-13)16(25)18(20,21)12-3-5-24(6-4-12)17(26)10-1-2-10/h7-10,12,16,25H,1-6H2,(H,22,23). The van der Waals surface area contributed by atoms with Gasteiger partial charge in [0.15, 0.2) is 0 Å². The van der Waals surface area contributed by atoms with Gasteiger partial charge in [-0.3, -0.25) is 9.89 Å². The van der Waals surface area contributed by atoms with Crippen LogP contribution in [0.15, 0.2) is 18.3 Å². The van der Waals surface area contributed by atoms with Gasteiger partial charge < -0.3 is 10.0 Å². The molecule has 2 aliphatic rings. The number of aromatic amines is 1. The van der Waals surface area contributed by atoms with Crippen molar-refractivity contribution in [3.05, 3.63) is 28.9 Å². The number of nitrogens with one attached hydrogen (secondary N) is 1. The maximum atomic E-state index is 15.0. The summed E-state index contributed by atoms with van der Waals surface area (Å²) >= 11 is 6.01. The highest BCUT2D eigenvalue weighted by Crippen LogP contribution is 2.44. The molecule has 0 spiro atoms. The Labute approximate surface area is 154 Å². The van der Waals surface area contributed by atoms with E-state index in [4.69, 9.17) is 11.6 Å². The van der Waals surface area contributed by atoms with Crippen molar-refractivity contribution in [2.24, 2.45) is 11.8 Å². The molecule has 2 N–H and O–H groups in total. The molecule has 140 valence electrons. The van der Waals surface area contributed by atoms with E-state index in [1.807, 2.05) is 0 Å². The highest BCUT2D eigenvalue weighted by molar-refractivity contribution is 6.31. The molecule has 1 amide bonds. The van der Waals surface area contributed by atoms with Crippen LogP contribution in [-0.2, 0) is 4.79 Å². The normalized spacial score (nSPS) is 20.5. The largest absolute Gasteiger partial charge is 0.382 e. The first-order valence-corrected chi connectivity index (χ1v) is 9.23. The van der Waals surface area contributed by atoms with Crippen molar-refractivity contribution < 1.29 is 18.7 Å². The molecule has 4 rings (SSSR count). The van der Waals surface area contributed by atoms with Gasteiger partial charge in [0, 0.05) is 40.9 Å². The van der Waals surface area contributed by atoms with E-state index in [1.165, 1.54) is 12.3 Å². The van der Waals surface area contributed by atoms with E-state index in [1.54, 1.807) is 11.0 Å². The summed E-state index contributed by atoms with van der Waals surface area (Å²) in [6, 6.07) is 2.96. The zero-order valence-electron chi connectivity index (χ0n) is 14.1. The Morgan fingerprint density at radius 1 is 1.31 bits per heavy atom. The molecule has 2 heterocycles. The van der Waals surface area contributed by atoms with Gasteiger partial charge in [0.05, 0.1) is 11.7 Å². The number of alkyl halides is 2. The number of aromatic nitrogens is 2. The Hall–Kier alpha value is -1.73. The van der Waals surface area contributed by atoms with Crippen LogP contribution in [0.25, 0.3) is 10.9 Å². The molecule has 2 fully saturated rings. The second-order valence-corrected chi connectivity index (χ2v) is 7.72. The first kappa shape index (κ1) is 17.7. The van der Waals surface area contributed by atoms with Gasteiger partial charge in [0.2, 0.25) is 5.91 Å². The van der Waals surface area contributed by atoms with Gasteiger partial charge in [-0.1, -0.05) is 11.6 Å². The molecule has 1 unspecified atom stereocenters. The molecule has 1 aliphatic carbocycles. The second-order valence-electron chi connectivity index (χ2n) is 7.28. The van der Waals surface area contributed by atoms with Crippen LogP contribution in [0.1, 0.15) is 37.4 Å². The summed E-state index contributed by atoms with van der Waals surface area (Å²) in [4.78, 5) is 13.8. The zero-order valence-corrected chi connectivity index (χ0v) is 14.8. The minimum Gasteiger partial charge on any atom is -0.382 e. The Kier molecular flexibility index (Phi) is 4.39. The van der Waals surface area contributed by atoms with Crippen LogP contribution < -0.4 is 0 Å². The summed E-state index contributed by atoms with van der Waals surface area (Å²) in [5.74, 6) is -4.13. The summed E-state index contributed by atoms with van der Waals surface area (Å²) in [6.45, 7) is 0.634. The van der Waals surface area contributed by atoms with Gasteiger partial charge in [-0.25, -0.2) is 8.78 Å². The van der Waals surface area contributed by atoms with Crippen molar-refractivity contribution in [1.82, 2.24) is 15.1 Å². The number of carbonyl (C=O) groups excluding carboxylic acids is 1. The van der Waals surface area contributed by atoms with Crippen molar-refractivity contribution in [2.45, 2.75) is 37.7 Å². The minimum atomic E-state index is -3.32. The predicted octanol–water partition coefficient (Wildman–Crippen LogP) is 3.53. The van der Waals surface area contributed by atoms with Gasteiger partial charge in [-0.15, -0.1) is 0 Å². The Bertz CT molecular complexity index is 829. The summed E-state index contributed by atoms with van der Waals surface area (Å²) in [7, 11) is 0. The molecule has 1 aliphatic heterocycles. The van der Waals surface area contributed by atoms with Crippen LogP contribution in [0.5, 0.6) is 0 Å². The summed E-state index contributed by atoms with van der Waals surface area (Å²) < 4.78 is 30.0. The Balaban J connectivity index is 1.52. The predicted molar refractivity (Wildman–Crippen MR) is 93.0 cm³/mol. The fourth-order valence-electron chi connectivity index (χ4n) is 3.77. The lowest BCUT2D eigenvalue weighted by Gasteiger charge is -2.38. The molecule has 1 atom stereocenters. The van der Waals surface area contributed by atoms with Crippen molar-refractivity contribution >= 4 is 28.4 Å². The molecule has 26 heavy (non-hydrogen) atoms. The minimum absolute atomic E-state index is 0.0477. The average Bonchev–Trinajstić information content (AvgIpc) is 3.38. The summed E-state index contributed by atoms with van der Waals surface area (Å²) in [5.41, 5.74) is 0.411. The fourth-order valence-corrected chi connectivity index (χ4v) is 4.00. The lowest BCUT2D eigenvalue weighted by Crippen LogP contribution is -2.45. The van der Waals surface area contributed by atoms with Crippen LogP contribution in [0.4, 0.5) is 8.78 Å². The molecule has 8 heteroatoms. The van der Waals surface area contributed by atoms with Gasteiger partial charge in [-0.2, -0.15) is 5.10 Å². The van der Waals surface area contributed by atoms with E-state index >= 15 is 8.78 Å². The molecule has 1 saturated carbocycles. The topological polar surface area (TPSA) is 69.2 Å². The Morgan fingerprint density at radius 3 is 2.65 bits per heavy atom. The van der Waals surface area contributed by atoms with E-state index in [2.05, 4.69) is 10.2 Å². The van der Waals surface area contributed by atoms with Crippen LogP contribution >= 0.6 is 11.6 Å². The lowest BCUT2D eigenvalue weighted by molar-refractivity contribution is -0.164. The van der Waals surface area contributed by atoms with Crippen LogP contribution in [0.3, 0.4) is 0 Å². The number of benzene rings is 1. The van der Waals surface area contributed by atoms with Crippen molar-refractivity contribution in [2.75, 3.05) is 13.1 Å². The molecule has 0 bridgehead atoms. The maximum Gasteiger partial charge on any atom is 0.280 e. The quantitative estimate of drug-likeness (QED) is 0.848. The number of hydrogen-bond acceptors (Lipinski definition) is 3. The molecule has 1 saturated heterocycles. The number of carbonyl (C=O) groups is 1. The third-order valence-electron chi connectivity index (χ3n) is 5.48. The highest BCUT2D eigenvalue weighted by Gasteiger charge is 2.49. The van der Waals surface area contributed by atoms with E-state index < -0.39 is 17.9 Å². The number of nitrogens with zero attached hydrogens (tertiary/aromatic N) is 2. The van der Waals surface area contributed by atoms with Gasteiger partial charge in [0.1, 0.15) is 6.10 Å². The van der Waals surface area contributed by atoms with E-state index in [-0.39, 0.29) is 35.3 Å². The number of rotatable bonds is 4. The number of aliphatic hydroxyl groups is 1. The molecule has 1 aromatic carbocycles. The van der Waals surface area contributed by atoms with E-state index in [0.29, 0.717) is 24.0 Å². The fraction of sp³-hybridized carbons (Fsp3) is 0.556. The number of fused-ring (bicyclic) bond motifs is 1. The summed E-state index contributed by atoms with van der Waals surface area (Å²) in [6.07, 6.45) is 1.66. The highest BCUT2D eigenvalue weighted by atomic mass is 35.5. The third-order valence-corrected chi connectivity index (χ3v) is 5.70. The average molecular weight is 384 g/mol. The van der Waals surface area contributed by atoms with E-state index in [0.717, 1.165) is 12.8 Å². The Morgan fingerprint density at radius 2 is 2.00 bits per heavy atom. The van der Waals surface area contributed by atoms with E-state index in [9.17, 15) is 9.90 Å². The number of aliphatic hydroxyl groups excluding tert-OH is 1. The van der Waals surface area contributed by atoms with Crippen LogP contribution in [0, 0.1) is 11.8 Å². The van der Waals surface area contributed by atoms with Gasteiger partial charge in [-0.05, 0) is 37.8 Å². The first-order chi connectivity index (χ1) is 12.4. The third kappa shape index (κ3) is 3.07. The molecule has 0 radical (unpaired) electrons. The van der Waals surface area contributed by atoms with Crippen molar-refractivity contribution in [3.63, 3.8) is 0 Å². The molecule has 5 nitrogen and oxygen atoms in total. The zero-order chi connectivity index (χ0) is 18.5. The van der Waals surface area contributed by atoms with Gasteiger partial charge in [0.25, 0.3) is 5.92 Å². The van der Waals surface area contributed by atoms with Crippen molar-refractivity contribution in [1.29, 1.82) is 0 Å². The maximum absolute atomic E-state index is 15.0. The number of likely N-dealkylation sites (tertiary alicyclic amines) is 1. The molecular formula is C18H20ClF2N3O2. The SMILES string of the molecule is O=C(C1CC1)N1CCC(C(F)(F)C(O)c2cc(Cl)cc3cn[nH]c23)CC1. The van der Waals surface area contributed by atoms with Crippen LogP contribution in [0.2, 0.25) is 5.02 Å². The number of halogens is 3. The molecular weight excluding hydrogens is 364 g/mol. The lowest BCUT2D eigenvalue weighted by atomic mass is 9.84. The van der Waals surface area contributed by atoms with Crippen molar-refractivity contribution in [3.8, 4) is 0 Å². The van der Waals surface area contributed by atoms with Gasteiger partial charge >= 0.3 is 0 Å². The molecule has 2 aromatic rings.